The molecule has 2 aromatic heterocycles. The van der Waals surface area contributed by atoms with Gasteiger partial charge >= 0.3 is 5.97 Å². The lowest BCUT2D eigenvalue weighted by molar-refractivity contribution is -0.139. The van der Waals surface area contributed by atoms with Crippen LogP contribution in [0.2, 0.25) is 0 Å². The van der Waals surface area contributed by atoms with Gasteiger partial charge in [-0.1, -0.05) is 0 Å². The number of hydrogen-bond donors (Lipinski definition) is 3. The number of carboxylic acid groups (broad SMARTS) is 1. The van der Waals surface area contributed by atoms with Crippen LogP contribution in [0.5, 0.6) is 0 Å². The number of amides is 1. The van der Waals surface area contributed by atoms with E-state index in [1.807, 2.05) is 13.8 Å². The van der Waals surface area contributed by atoms with Crippen LogP contribution in [0.3, 0.4) is 0 Å². The molecule has 0 aliphatic heterocycles. The fraction of sp³-hybridized carbons (Fsp3) is 0.278. The Hall–Kier alpha value is -3.29. The van der Waals surface area contributed by atoms with Gasteiger partial charge in [-0.15, -0.1) is 0 Å². The molecule has 134 valence electrons. The van der Waals surface area contributed by atoms with E-state index in [2.05, 4.69) is 25.5 Å². The Bertz CT molecular complexity index is 1010. The van der Waals surface area contributed by atoms with Crippen LogP contribution in [0, 0.1) is 27.7 Å². The molecule has 0 bridgehead atoms. The first-order valence-corrected chi connectivity index (χ1v) is 8.08. The number of benzene rings is 1. The summed E-state index contributed by atoms with van der Waals surface area (Å²) in [4.78, 5) is 33.2. The Kier molecular flexibility index (Phi) is 4.41. The van der Waals surface area contributed by atoms with E-state index >= 15 is 0 Å². The van der Waals surface area contributed by atoms with Gasteiger partial charge in [-0.3, -0.25) is 9.89 Å². The summed E-state index contributed by atoms with van der Waals surface area (Å²) in [6.07, 6.45) is 0. The predicted molar refractivity (Wildman–Crippen MR) is 94.9 cm³/mol. The molecule has 8 nitrogen and oxygen atoms in total. The number of carbonyl (C=O) groups is 2. The van der Waals surface area contributed by atoms with Crippen molar-refractivity contribution in [2.45, 2.75) is 33.7 Å². The summed E-state index contributed by atoms with van der Waals surface area (Å²) in [6, 6.07) is 3.73. The molecule has 0 radical (unpaired) electrons. The van der Waals surface area contributed by atoms with Crippen LogP contribution in [0.4, 0.5) is 0 Å². The first-order chi connectivity index (χ1) is 12.3. The smallest absolute Gasteiger partial charge is 0.331 e. The minimum absolute atomic E-state index is 0.320. The summed E-state index contributed by atoms with van der Waals surface area (Å²) < 4.78 is 0. The number of aliphatic carboxylic acids is 1. The SMILES string of the molecule is Cc1nc2ccc(C(=O)N[C@H](C(=O)O)c3c(C)n[nH]c3C)cc2nc1C. The number of nitrogens with one attached hydrogen (secondary N) is 2. The highest BCUT2D eigenvalue weighted by molar-refractivity contribution is 5.99. The quantitative estimate of drug-likeness (QED) is 0.661. The number of carbonyl (C=O) groups excluding carboxylic acids is 1. The fourth-order valence-corrected chi connectivity index (χ4v) is 2.83. The Labute approximate surface area is 149 Å². The summed E-state index contributed by atoms with van der Waals surface area (Å²) in [6.45, 7) is 7.13. The molecule has 1 amide bonds. The molecule has 26 heavy (non-hydrogen) atoms. The molecule has 0 fully saturated rings. The fourth-order valence-electron chi connectivity index (χ4n) is 2.83. The molecule has 0 spiro atoms. The molecule has 0 aliphatic carbocycles. The average molecular weight is 353 g/mol. The zero-order valence-electron chi connectivity index (χ0n) is 14.9. The number of aromatic nitrogens is 4. The van der Waals surface area contributed by atoms with Crippen molar-refractivity contribution in [3.8, 4) is 0 Å². The third-order valence-corrected chi connectivity index (χ3v) is 4.33. The van der Waals surface area contributed by atoms with Gasteiger partial charge in [0.25, 0.3) is 5.91 Å². The van der Waals surface area contributed by atoms with Gasteiger partial charge in [0.05, 0.1) is 28.1 Å². The molecular weight excluding hydrogens is 334 g/mol. The van der Waals surface area contributed by atoms with Crippen LogP contribution in [-0.4, -0.2) is 37.1 Å². The normalized spacial score (nSPS) is 12.2. The lowest BCUT2D eigenvalue weighted by atomic mass is 10.0. The zero-order valence-corrected chi connectivity index (χ0v) is 14.9. The molecule has 2 heterocycles. The monoisotopic (exact) mass is 353 g/mol. The van der Waals surface area contributed by atoms with E-state index in [0.717, 1.165) is 11.4 Å². The van der Waals surface area contributed by atoms with Gasteiger partial charge in [0.1, 0.15) is 0 Å². The predicted octanol–water partition coefficient (Wildman–Crippen LogP) is 2.14. The van der Waals surface area contributed by atoms with Gasteiger partial charge in [-0.25, -0.2) is 14.8 Å². The van der Waals surface area contributed by atoms with Gasteiger partial charge in [-0.2, -0.15) is 5.10 Å². The van der Waals surface area contributed by atoms with Crippen molar-refractivity contribution >= 4 is 22.9 Å². The second kappa shape index (κ2) is 6.55. The highest BCUT2D eigenvalue weighted by Crippen LogP contribution is 2.21. The third kappa shape index (κ3) is 3.13. The van der Waals surface area contributed by atoms with Gasteiger partial charge in [0, 0.05) is 16.8 Å². The number of fused-ring (bicyclic) bond motifs is 1. The molecule has 0 unspecified atom stereocenters. The summed E-state index contributed by atoms with van der Waals surface area (Å²) in [5, 5.41) is 18.8. The van der Waals surface area contributed by atoms with Crippen LogP contribution < -0.4 is 5.32 Å². The van der Waals surface area contributed by atoms with Crippen LogP contribution in [0.15, 0.2) is 18.2 Å². The molecule has 8 heteroatoms. The van der Waals surface area contributed by atoms with Crippen molar-refractivity contribution in [1.82, 2.24) is 25.5 Å². The maximum Gasteiger partial charge on any atom is 0.331 e. The van der Waals surface area contributed by atoms with Crippen molar-refractivity contribution < 1.29 is 14.7 Å². The van der Waals surface area contributed by atoms with E-state index in [0.29, 0.717) is 33.5 Å². The molecule has 0 saturated heterocycles. The molecule has 0 aliphatic rings. The minimum atomic E-state index is -1.19. The maximum atomic E-state index is 12.6. The van der Waals surface area contributed by atoms with Crippen LogP contribution >= 0.6 is 0 Å². The highest BCUT2D eigenvalue weighted by Gasteiger charge is 2.27. The van der Waals surface area contributed by atoms with E-state index in [4.69, 9.17) is 0 Å². The summed E-state index contributed by atoms with van der Waals surface area (Å²) in [5.41, 5.74) is 4.79. The molecule has 1 aromatic carbocycles. The number of carboxylic acids is 1. The van der Waals surface area contributed by atoms with Gasteiger partial charge < -0.3 is 10.4 Å². The summed E-state index contributed by atoms with van der Waals surface area (Å²) in [7, 11) is 0. The number of nitrogens with zero attached hydrogens (tertiary/aromatic N) is 3. The lowest BCUT2D eigenvalue weighted by Gasteiger charge is -2.15. The number of hydrogen-bond acceptors (Lipinski definition) is 5. The molecule has 3 aromatic rings. The first-order valence-electron chi connectivity index (χ1n) is 8.08. The highest BCUT2D eigenvalue weighted by atomic mass is 16.4. The van der Waals surface area contributed by atoms with Crippen LogP contribution in [-0.2, 0) is 4.79 Å². The largest absolute Gasteiger partial charge is 0.479 e. The van der Waals surface area contributed by atoms with Crippen molar-refractivity contribution in [2.75, 3.05) is 0 Å². The zero-order chi connectivity index (χ0) is 19.0. The average Bonchev–Trinajstić information content (AvgIpc) is 2.91. The number of rotatable bonds is 4. The van der Waals surface area contributed by atoms with E-state index in [1.54, 1.807) is 32.0 Å². The minimum Gasteiger partial charge on any atom is -0.479 e. The second-order valence-corrected chi connectivity index (χ2v) is 6.19. The molecule has 1 atom stereocenters. The Balaban J connectivity index is 1.94. The Morgan fingerprint density at radius 2 is 1.69 bits per heavy atom. The first kappa shape index (κ1) is 17.5. The standard InChI is InChI=1S/C18H19N5O3/c1-8-9(2)20-14-7-12(5-6-13(14)19-8)17(24)21-16(18(25)26)15-10(3)22-23-11(15)4/h5-7,16H,1-4H3,(H,21,24)(H,22,23)(H,25,26)/t16-/m0/s1. The van der Waals surface area contributed by atoms with Gasteiger partial charge in [0.15, 0.2) is 6.04 Å². The molecular formula is C18H19N5O3. The maximum absolute atomic E-state index is 12.6. The topological polar surface area (TPSA) is 121 Å². The van der Waals surface area contributed by atoms with Gasteiger partial charge in [-0.05, 0) is 45.9 Å². The van der Waals surface area contributed by atoms with Crippen LogP contribution in [0.1, 0.15) is 44.7 Å². The Morgan fingerprint density at radius 3 is 2.27 bits per heavy atom. The second-order valence-electron chi connectivity index (χ2n) is 6.19. The number of aromatic amines is 1. The van der Waals surface area contributed by atoms with E-state index in [-0.39, 0.29) is 0 Å². The molecule has 3 N–H and O–H groups in total. The number of H-pyrrole nitrogens is 1. The van der Waals surface area contributed by atoms with Gasteiger partial charge in [0.2, 0.25) is 0 Å². The summed E-state index contributed by atoms with van der Waals surface area (Å²) >= 11 is 0. The van der Waals surface area contributed by atoms with Crippen molar-refractivity contribution in [2.24, 2.45) is 0 Å². The van der Waals surface area contributed by atoms with E-state index in [9.17, 15) is 14.7 Å². The third-order valence-electron chi connectivity index (χ3n) is 4.33. The molecule has 3 rings (SSSR count). The van der Waals surface area contributed by atoms with E-state index < -0.39 is 17.9 Å². The van der Waals surface area contributed by atoms with Crippen LogP contribution in [0.25, 0.3) is 11.0 Å². The van der Waals surface area contributed by atoms with Crippen molar-refractivity contribution in [1.29, 1.82) is 0 Å². The lowest BCUT2D eigenvalue weighted by Crippen LogP contribution is -2.34. The van der Waals surface area contributed by atoms with Crippen molar-refractivity contribution in [3.05, 3.63) is 52.1 Å². The Morgan fingerprint density at radius 1 is 1.04 bits per heavy atom. The van der Waals surface area contributed by atoms with E-state index in [1.165, 1.54) is 0 Å². The molecule has 0 saturated carbocycles. The summed E-state index contributed by atoms with van der Waals surface area (Å²) in [5.74, 6) is -1.66. The number of aryl methyl sites for hydroxylation is 4. The van der Waals surface area contributed by atoms with Crippen molar-refractivity contribution in [3.63, 3.8) is 0 Å².